The summed E-state index contributed by atoms with van der Waals surface area (Å²) in [6.45, 7) is 3.88. The number of alkyl halides is 3. The van der Waals surface area contributed by atoms with Crippen LogP contribution >= 0.6 is 0 Å². The predicted octanol–water partition coefficient (Wildman–Crippen LogP) is 5.74. The number of rotatable bonds is 5. The van der Waals surface area contributed by atoms with E-state index in [1.807, 2.05) is 12.1 Å². The monoisotopic (exact) mass is 472 g/mol. The number of carbonyl (C=O) groups is 2. The molecule has 9 heteroatoms. The van der Waals surface area contributed by atoms with Crippen LogP contribution < -0.4 is 15.4 Å². The predicted molar refractivity (Wildman–Crippen MR) is 122 cm³/mol. The van der Waals surface area contributed by atoms with Crippen LogP contribution in [0.15, 0.2) is 54.6 Å². The van der Waals surface area contributed by atoms with E-state index < -0.39 is 23.4 Å². The Morgan fingerprint density at radius 1 is 1.09 bits per heavy atom. The molecule has 34 heavy (non-hydrogen) atoms. The Morgan fingerprint density at radius 2 is 1.85 bits per heavy atom. The third-order valence-electron chi connectivity index (χ3n) is 5.49. The van der Waals surface area contributed by atoms with Crippen molar-refractivity contribution in [1.29, 1.82) is 0 Å². The number of benzene rings is 2. The van der Waals surface area contributed by atoms with Crippen molar-refractivity contribution in [2.75, 3.05) is 23.8 Å². The number of nitrogens with one attached hydrogen (secondary N) is 2. The molecule has 0 spiro atoms. The van der Waals surface area contributed by atoms with Crippen LogP contribution in [-0.2, 0) is 15.7 Å². The smallest absolute Gasteiger partial charge is 0.420 e. The summed E-state index contributed by atoms with van der Waals surface area (Å²) in [4.78, 5) is 23.8. The van der Waals surface area contributed by atoms with E-state index in [4.69, 9.17) is 9.47 Å². The van der Waals surface area contributed by atoms with E-state index in [1.54, 1.807) is 32.1 Å². The quantitative estimate of drug-likeness (QED) is 0.582. The van der Waals surface area contributed by atoms with Gasteiger partial charge < -0.3 is 20.1 Å². The molecule has 2 amide bonds. The molecule has 1 heterocycles. The maximum Gasteiger partial charge on any atom is 0.420 e. The van der Waals surface area contributed by atoms with Crippen LogP contribution in [0.3, 0.4) is 0 Å². The Balaban J connectivity index is 1.46. The number of hydrogen-bond acceptors (Lipinski definition) is 4. The van der Waals surface area contributed by atoms with Gasteiger partial charge in [-0.1, -0.05) is 18.2 Å². The minimum Gasteiger partial charge on any atom is -0.482 e. The molecule has 6 nitrogen and oxygen atoms in total. The van der Waals surface area contributed by atoms with E-state index in [2.05, 4.69) is 10.6 Å². The van der Waals surface area contributed by atoms with Crippen LogP contribution in [0.5, 0.6) is 5.75 Å². The molecule has 0 unspecified atom stereocenters. The van der Waals surface area contributed by atoms with Crippen LogP contribution in [0.4, 0.5) is 29.3 Å². The zero-order valence-electron chi connectivity index (χ0n) is 18.6. The first-order valence-electron chi connectivity index (χ1n) is 10.6. The second-order valence-electron chi connectivity index (χ2n) is 8.53. The van der Waals surface area contributed by atoms with Crippen molar-refractivity contribution in [3.63, 3.8) is 0 Å². The van der Waals surface area contributed by atoms with Gasteiger partial charge in [-0.05, 0) is 67.0 Å². The topological polar surface area (TPSA) is 76.7 Å². The molecule has 2 N–H and O–H groups in total. The van der Waals surface area contributed by atoms with Gasteiger partial charge in [0.15, 0.2) is 11.4 Å². The molecular weight excluding hydrogens is 449 g/mol. The number of allylic oxidation sites excluding steroid dienone is 4. The minimum absolute atomic E-state index is 0.0244. The zero-order chi connectivity index (χ0) is 24.5. The van der Waals surface area contributed by atoms with Crippen molar-refractivity contribution in [2.45, 2.75) is 32.0 Å². The van der Waals surface area contributed by atoms with Crippen molar-refractivity contribution in [1.82, 2.24) is 0 Å². The summed E-state index contributed by atoms with van der Waals surface area (Å²) in [5.41, 5.74) is 1.25. The molecule has 0 aromatic heterocycles. The second kappa shape index (κ2) is 8.98. The molecule has 1 aliphatic carbocycles. The normalized spacial score (nSPS) is 17.0. The number of hydrogen-bond donors (Lipinski definition) is 2. The highest BCUT2D eigenvalue weighted by Gasteiger charge is 2.40. The van der Waals surface area contributed by atoms with Crippen LogP contribution in [-0.4, -0.2) is 30.6 Å². The van der Waals surface area contributed by atoms with Crippen molar-refractivity contribution in [3.05, 3.63) is 71.3 Å². The van der Waals surface area contributed by atoms with E-state index >= 15 is 0 Å². The Hall–Kier alpha value is -3.59. The third-order valence-corrected chi connectivity index (χ3v) is 5.49. The number of carbonyl (C=O) groups excluding carboxylic acids is 2. The summed E-state index contributed by atoms with van der Waals surface area (Å²) in [6.07, 6.45) is 0.773. The van der Waals surface area contributed by atoms with E-state index in [9.17, 15) is 22.8 Å². The van der Waals surface area contributed by atoms with E-state index in [0.717, 1.165) is 22.8 Å². The summed E-state index contributed by atoms with van der Waals surface area (Å²) >= 11 is 0. The second-order valence-corrected chi connectivity index (χ2v) is 8.53. The standard InChI is InChI=1S/C25H23F3N2O4/c1-15-11-17(16-3-7-19(31)8-4-16)5-9-21(15)30-23(32)29-18-6-10-22(20(12-18)25(26,27)28)34-24(2)13-33-14-24/h3-7,9-12H,8,13-14H2,1-2H3,(H2,29,30,32). The first-order valence-corrected chi connectivity index (χ1v) is 10.6. The lowest BCUT2D eigenvalue weighted by atomic mass is 9.97. The lowest BCUT2D eigenvalue weighted by molar-refractivity contribution is -0.160. The fourth-order valence-electron chi connectivity index (χ4n) is 3.64. The average molecular weight is 472 g/mol. The van der Waals surface area contributed by atoms with E-state index in [-0.39, 0.29) is 30.4 Å². The van der Waals surface area contributed by atoms with Crippen LogP contribution in [0.25, 0.3) is 5.57 Å². The van der Waals surface area contributed by atoms with Crippen molar-refractivity contribution in [3.8, 4) is 5.75 Å². The van der Waals surface area contributed by atoms with E-state index in [1.165, 1.54) is 18.2 Å². The lowest BCUT2D eigenvalue weighted by Gasteiger charge is -2.38. The van der Waals surface area contributed by atoms with Crippen LogP contribution in [0, 0.1) is 6.92 Å². The molecule has 1 saturated heterocycles. The van der Waals surface area contributed by atoms with Gasteiger partial charge in [0.05, 0.1) is 18.8 Å². The number of ketones is 1. The SMILES string of the molecule is Cc1cc(C2=CCC(=O)C=C2)ccc1NC(=O)Nc1ccc(OC2(C)COC2)c(C(F)(F)F)c1. The molecule has 1 fully saturated rings. The van der Waals surface area contributed by atoms with Gasteiger partial charge in [0.2, 0.25) is 0 Å². The summed E-state index contributed by atoms with van der Waals surface area (Å²) in [5.74, 6) is -0.279. The Morgan fingerprint density at radius 3 is 2.44 bits per heavy atom. The number of anilines is 2. The molecular formula is C25H23F3N2O4. The highest BCUT2D eigenvalue weighted by molar-refractivity contribution is 6.01. The highest BCUT2D eigenvalue weighted by atomic mass is 19.4. The van der Waals surface area contributed by atoms with Gasteiger partial charge >= 0.3 is 12.2 Å². The van der Waals surface area contributed by atoms with Gasteiger partial charge in [-0.3, -0.25) is 4.79 Å². The molecule has 1 aliphatic heterocycles. The average Bonchev–Trinajstić information content (AvgIpc) is 2.75. The highest BCUT2D eigenvalue weighted by Crippen LogP contribution is 2.40. The van der Waals surface area contributed by atoms with E-state index in [0.29, 0.717) is 12.1 Å². The van der Waals surface area contributed by atoms with Gasteiger partial charge in [-0.15, -0.1) is 0 Å². The molecule has 4 rings (SSSR count). The summed E-state index contributed by atoms with van der Waals surface area (Å²) < 4.78 is 51.4. The number of halogens is 3. The van der Waals surface area contributed by atoms with Gasteiger partial charge in [-0.2, -0.15) is 13.2 Å². The van der Waals surface area contributed by atoms with Crippen molar-refractivity contribution >= 4 is 28.8 Å². The van der Waals surface area contributed by atoms with Gasteiger partial charge in [0.25, 0.3) is 0 Å². The molecule has 2 aliphatic rings. The van der Waals surface area contributed by atoms with Crippen LogP contribution in [0.1, 0.15) is 30.0 Å². The molecule has 0 atom stereocenters. The molecule has 0 bridgehead atoms. The molecule has 0 radical (unpaired) electrons. The Labute approximate surface area is 194 Å². The number of ether oxygens (including phenoxy) is 2. The minimum atomic E-state index is -4.66. The Bertz CT molecular complexity index is 1200. The number of urea groups is 1. The molecule has 2 aromatic rings. The van der Waals surface area contributed by atoms with Crippen LogP contribution in [0.2, 0.25) is 0 Å². The molecule has 178 valence electrons. The fourth-order valence-corrected chi connectivity index (χ4v) is 3.64. The van der Waals surface area contributed by atoms with Gasteiger partial charge in [0.1, 0.15) is 5.75 Å². The first-order chi connectivity index (χ1) is 16.0. The Kier molecular flexibility index (Phi) is 6.22. The fraction of sp³-hybridized carbons (Fsp3) is 0.280. The molecule has 2 aromatic carbocycles. The lowest BCUT2D eigenvalue weighted by Crippen LogP contribution is -2.51. The van der Waals surface area contributed by atoms with Crippen molar-refractivity contribution < 1.29 is 32.2 Å². The number of aryl methyl sites for hydroxylation is 1. The molecule has 0 saturated carbocycles. The van der Waals surface area contributed by atoms with Gasteiger partial charge in [0, 0.05) is 17.8 Å². The first kappa shape index (κ1) is 23.6. The maximum atomic E-state index is 13.6. The maximum absolute atomic E-state index is 13.6. The third kappa shape index (κ3) is 5.31. The summed E-state index contributed by atoms with van der Waals surface area (Å²) in [5, 5.41) is 5.10. The largest absolute Gasteiger partial charge is 0.482 e. The summed E-state index contributed by atoms with van der Waals surface area (Å²) in [6, 6.07) is 8.07. The van der Waals surface area contributed by atoms with Crippen molar-refractivity contribution in [2.24, 2.45) is 0 Å². The zero-order valence-corrected chi connectivity index (χ0v) is 18.6. The van der Waals surface area contributed by atoms with Gasteiger partial charge in [-0.25, -0.2) is 4.79 Å². The number of amides is 2. The summed E-state index contributed by atoms with van der Waals surface area (Å²) in [7, 11) is 0.